The van der Waals surface area contributed by atoms with Gasteiger partial charge in [0.2, 0.25) is 5.91 Å². The Kier molecular flexibility index (Phi) is 6.93. The number of hydrogen-bond donors (Lipinski definition) is 0. The van der Waals surface area contributed by atoms with E-state index in [1.165, 1.54) is 22.5 Å². The summed E-state index contributed by atoms with van der Waals surface area (Å²) in [5, 5.41) is 4.36. The second-order valence-electron chi connectivity index (χ2n) is 8.85. The molecule has 7 nitrogen and oxygen atoms in total. The van der Waals surface area contributed by atoms with Crippen LogP contribution in [0, 0.1) is 5.82 Å². The number of amides is 2. The van der Waals surface area contributed by atoms with Gasteiger partial charge in [-0.15, -0.1) is 0 Å². The Hall–Kier alpha value is -4.20. The number of rotatable bonds is 7. The number of hydrogen-bond acceptors (Lipinski definition) is 3. The van der Waals surface area contributed by atoms with Gasteiger partial charge in [0, 0.05) is 45.0 Å². The minimum absolute atomic E-state index is 0.124. The average molecular weight is 486 g/mol. The molecule has 0 spiro atoms. The molecule has 0 saturated carbocycles. The molecule has 0 aliphatic carbocycles. The summed E-state index contributed by atoms with van der Waals surface area (Å²) in [7, 11) is 0. The van der Waals surface area contributed by atoms with Gasteiger partial charge in [0.25, 0.3) is 5.91 Å². The highest BCUT2D eigenvalue weighted by molar-refractivity contribution is 5.97. The zero-order valence-corrected chi connectivity index (χ0v) is 20.0. The molecule has 1 aliphatic rings. The molecule has 2 amide bonds. The van der Waals surface area contributed by atoms with Crippen molar-refractivity contribution in [2.75, 3.05) is 26.2 Å². The van der Waals surface area contributed by atoms with Crippen molar-refractivity contribution in [3.63, 3.8) is 0 Å². The molecule has 4 aromatic rings. The monoisotopic (exact) mass is 485 g/mol. The van der Waals surface area contributed by atoms with Crippen LogP contribution < -0.4 is 0 Å². The quantitative estimate of drug-likeness (QED) is 0.396. The minimum Gasteiger partial charge on any atom is -0.339 e. The summed E-state index contributed by atoms with van der Waals surface area (Å²) in [6.45, 7) is 1.88. The maximum Gasteiger partial charge on any atom is 0.259 e. The fraction of sp³-hybridized carbons (Fsp3) is 0.250. The Balaban J connectivity index is 1.25. The Morgan fingerprint density at radius 2 is 1.50 bits per heavy atom. The lowest BCUT2D eigenvalue weighted by Crippen LogP contribution is -2.50. The summed E-state index contributed by atoms with van der Waals surface area (Å²) in [5.74, 6) is -0.00203. The van der Waals surface area contributed by atoms with Gasteiger partial charge in [-0.25, -0.2) is 9.07 Å². The maximum atomic E-state index is 14.6. The first-order valence-electron chi connectivity index (χ1n) is 12.2. The fourth-order valence-corrected chi connectivity index (χ4v) is 4.59. The molecule has 184 valence electrons. The number of para-hydroxylation sites is 1. The first kappa shape index (κ1) is 23.5. The van der Waals surface area contributed by atoms with E-state index in [1.807, 2.05) is 35.2 Å². The van der Waals surface area contributed by atoms with Gasteiger partial charge in [-0.1, -0.05) is 42.5 Å². The lowest BCUT2D eigenvalue weighted by Gasteiger charge is -2.35. The Morgan fingerprint density at radius 3 is 2.22 bits per heavy atom. The van der Waals surface area contributed by atoms with Crippen molar-refractivity contribution in [3.05, 3.63) is 102 Å². The van der Waals surface area contributed by atoms with E-state index in [0.717, 1.165) is 12.8 Å². The molecule has 8 heteroatoms. The highest BCUT2D eigenvalue weighted by Gasteiger charge is 2.29. The second-order valence-corrected chi connectivity index (χ2v) is 8.85. The van der Waals surface area contributed by atoms with Gasteiger partial charge in [0.05, 0.1) is 6.20 Å². The summed E-state index contributed by atoms with van der Waals surface area (Å²) in [6, 6.07) is 20.2. The van der Waals surface area contributed by atoms with Crippen molar-refractivity contribution in [2.45, 2.75) is 19.3 Å². The van der Waals surface area contributed by atoms with Crippen LogP contribution in [-0.4, -0.2) is 62.1 Å². The Morgan fingerprint density at radius 1 is 0.833 bits per heavy atom. The third-order valence-corrected chi connectivity index (χ3v) is 6.52. The lowest BCUT2D eigenvalue weighted by atomic mass is 10.1. The predicted molar refractivity (Wildman–Crippen MR) is 135 cm³/mol. The smallest absolute Gasteiger partial charge is 0.259 e. The first-order chi connectivity index (χ1) is 17.6. The molecule has 3 heterocycles. The van der Waals surface area contributed by atoms with Crippen LogP contribution in [0.25, 0.3) is 11.5 Å². The van der Waals surface area contributed by atoms with Crippen molar-refractivity contribution in [3.8, 4) is 11.5 Å². The van der Waals surface area contributed by atoms with E-state index < -0.39 is 5.82 Å². The van der Waals surface area contributed by atoms with Crippen molar-refractivity contribution in [1.82, 2.24) is 24.1 Å². The predicted octanol–water partition coefficient (Wildman–Crippen LogP) is 4.11. The van der Waals surface area contributed by atoms with Crippen LogP contribution in [0.1, 0.15) is 28.8 Å². The Bertz CT molecular complexity index is 1330. The fourth-order valence-electron chi connectivity index (χ4n) is 4.59. The molecule has 0 unspecified atom stereocenters. The number of carbonyl (C=O) groups excluding carboxylic acids is 2. The largest absolute Gasteiger partial charge is 0.339 e. The molecule has 0 N–H and O–H groups in total. The minimum atomic E-state index is -0.424. The number of aromatic nitrogens is 3. The van der Waals surface area contributed by atoms with E-state index in [9.17, 15) is 14.0 Å². The highest BCUT2D eigenvalue weighted by Crippen LogP contribution is 2.23. The van der Waals surface area contributed by atoms with Crippen molar-refractivity contribution < 1.29 is 14.0 Å². The van der Waals surface area contributed by atoms with Crippen molar-refractivity contribution in [2.24, 2.45) is 0 Å². The van der Waals surface area contributed by atoms with E-state index in [0.29, 0.717) is 44.0 Å². The first-order valence-corrected chi connectivity index (χ1v) is 12.2. The average Bonchev–Trinajstić information content (AvgIpc) is 3.59. The zero-order valence-electron chi connectivity index (χ0n) is 20.0. The van der Waals surface area contributed by atoms with Crippen LogP contribution >= 0.6 is 0 Å². The summed E-state index contributed by atoms with van der Waals surface area (Å²) < 4.78 is 17.8. The van der Waals surface area contributed by atoms with E-state index in [4.69, 9.17) is 0 Å². The number of aryl methyl sites for hydroxylation is 1. The molecular formula is C28H28FN5O2. The van der Waals surface area contributed by atoms with Gasteiger partial charge in [-0.05, 0) is 42.7 Å². The molecule has 36 heavy (non-hydrogen) atoms. The van der Waals surface area contributed by atoms with Crippen LogP contribution in [0.3, 0.4) is 0 Å². The molecule has 2 aromatic carbocycles. The third kappa shape index (κ3) is 4.93. The van der Waals surface area contributed by atoms with Gasteiger partial charge in [-0.3, -0.25) is 9.59 Å². The normalized spacial score (nSPS) is 13.7. The van der Waals surface area contributed by atoms with Crippen LogP contribution in [0.15, 0.2) is 85.3 Å². The van der Waals surface area contributed by atoms with Crippen LogP contribution in [0.4, 0.5) is 4.39 Å². The number of halogens is 1. The number of benzene rings is 2. The number of piperazine rings is 1. The third-order valence-electron chi connectivity index (χ3n) is 6.52. The van der Waals surface area contributed by atoms with Gasteiger partial charge in [0.15, 0.2) is 5.82 Å². The molecule has 5 rings (SSSR count). The van der Waals surface area contributed by atoms with Crippen LogP contribution in [0.2, 0.25) is 0 Å². The maximum absolute atomic E-state index is 14.6. The molecule has 2 aromatic heterocycles. The topological polar surface area (TPSA) is 63.4 Å². The summed E-state index contributed by atoms with van der Waals surface area (Å²) >= 11 is 0. The number of carbonyl (C=O) groups is 2. The summed E-state index contributed by atoms with van der Waals surface area (Å²) in [4.78, 5) is 29.8. The molecule has 1 aliphatic heterocycles. The standard InChI is InChI=1S/C28H28FN5O2/c29-24-12-4-5-13-25(24)34-27(32-15-6-7-16-32)23(21-30-34)28(36)33-19-17-31(18-20-33)26(35)14-8-11-22-9-2-1-3-10-22/h1-7,9-10,12-13,15-16,21H,8,11,14,17-20H2. The highest BCUT2D eigenvalue weighted by atomic mass is 19.1. The van der Waals surface area contributed by atoms with Gasteiger partial charge < -0.3 is 14.4 Å². The van der Waals surface area contributed by atoms with Crippen molar-refractivity contribution in [1.29, 1.82) is 0 Å². The van der Waals surface area contributed by atoms with E-state index in [2.05, 4.69) is 17.2 Å². The molecule has 1 saturated heterocycles. The van der Waals surface area contributed by atoms with E-state index in [1.54, 1.807) is 40.1 Å². The molecule has 0 atom stereocenters. The van der Waals surface area contributed by atoms with Crippen LogP contribution in [-0.2, 0) is 11.2 Å². The summed E-state index contributed by atoms with van der Waals surface area (Å²) in [5.41, 5.74) is 1.89. The van der Waals surface area contributed by atoms with E-state index in [-0.39, 0.29) is 17.5 Å². The lowest BCUT2D eigenvalue weighted by molar-refractivity contribution is -0.132. The summed E-state index contributed by atoms with van der Waals surface area (Å²) in [6.07, 6.45) is 7.27. The van der Waals surface area contributed by atoms with E-state index >= 15 is 0 Å². The van der Waals surface area contributed by atoms with Gasteiger partial charge in [-0.2, -0.15) is 5.10 Å². The molecular weight excluding hydrogens is 457 g/mol. The van der Waals surface area contributed by atoms with Crippen LogP contribution in [0.5, 0.6) is 0 Å². The van der Waals surface area contributed by atoms with Gasteiger partial charge >= 0.3 is 0 Å². The SMILES string of the molecule is O=C(CCCc1ccccc1)N1CCN(C(=O)c2cnn(-c3ccccc3F)c2-n2cccc2)CC1. The molecule has 0 radical (unpaired) electrons. The number of nitrogens with zero attached hydrogens (tertiary/aromatic N) is 5. The van der Waals surface area contributed by atoms with Gasteiger partial charge in [0.1, 0.15) is 17.1 Å². The molecule has 0 bridgehead atoms. The van der Waals surface area contributed by atoms with Crippen molar-refractivity contribution >= 4 is 11.8 Å². The molecule has 1 fully saturated rings. The second kappa shape index (κ2) is 10.6. The Labute approximate surface area is 209 Å². The zero-order chi connectivity index (χ0) is 24.9.